The summed E-state index contributed by atoms with van der Waals surface area (Å²) in [6.07, 6.45) is 1.72. The highest BCUT2D eigenvalue weighted by atomic mass is 16.5. The molecule has 1 aromatic rings. The van der Waals surface area contributed by atoms with Crippen molar-refractivity contribution in [1.29, 1.82) is 0 Å². The van der Waals surface area contributed by atoms with Crippen molar-refractivity contribution in [3.05, 3.63) is 18.3 Å². The van der Waals surface area contributed by atoms with E-state index in [1.807, 2.05) is 20.8 Å². The number of nitrogens with one attached hydrogen (secondary N) is 1. The second kappa shape index (κ2) is 6.96. The van der Waals surface area contributed by atoms with Gasteiger partial charge < -0.3 is 15.2 Å². The number of pyridine rings is 1. The number of amides is 1. The molecule has 1 aromatic heterocycles. The number of carbonyl (C=O) groups excluding carboxylic acids is 1. The van der Waals surface area contributed by atoms with Gasteiger partial charge in [-0.25, -0.2) is 4.98 Å². The Kier molecular flexibility index (Phi) is 5.58. The Bertz CT molecular complexity index is 394. The molecule has 0 radical (unpaired) electrons. The fourth-order valence-corrected chi connectivity index (χ4v) is 1.15. The zero-order valence-electron chi connectivity index (χ0n) is 11.0. The molecule has 1 amide bonds. The van der Waals surface area contributed by atoms with Gasteiger partial charge in [-0.2, -0.15) is 0 Å². The van der Waals surface area contributed by atoms with Crippen molar-refractivity contribution >= 4 is 11.7 Å². The summed E-state index contributed by atoms with van der Waals surface area (Å²) in [5, 5.41) is 12.1. The molecule has 1 rings (SSSR count). The first-order chi connectivity index (χ1) is 8.52. The molecule has 18 heavy (non-hydrogen) atoms. The molecule has 0 aliphatic carbocycles. The highest BCUT2D eigenvalue weighted by molar-refractivity contribution is 5.91. The maximum atomic E-state index is 11.5. The molecule has 0 aromatic carbocycles. The average Bonchev–Trinajstić information content (AvgIpc) is 2.36. The summed E-state index contributed by atoms with van der Waals surface area (Å²) in [4.78, 5) is 15.5. The molecule has 5 heteroatoms. The number of aliphatic hydroxyl groups excluding tert-OH is 1. The van der Waals surface area contributed by atoms with Gasteiger partial charge >= 0.3 is 0 Å². The summed E-state index contributed by atoms with van der Waals surface area (Å²) in [5.41, 5.74) is 0. The number of hydrogen-bond acceptors (Lipinski definition) is 4. The Morgan fingerprint density at radius 3 is 2.89 bits per heavy atom. The molecule has 0 saturated heterocycles. The van der Waals surface area contributed by atoms with Crippen LogP contribution in [0, 0.1) is 5.92 Å². The van der Waals surface area contributed by atoms with Crippen molar-refractivity contribution in [3.8, 4) is 5.75 Å². The van der Waals surface area contributed by atoms with E-state index in [1.165, 1.54) is 0 Å². The van der Waals surface area contributed by atoms with E-state index in [0.717, 1.165) is 0 Å². The molecule has 2 N–H and O–H groups in total. The van der Waals surface area contributed by atoms with Gasteiger partial charge in [-0.15, -0.1) is 0 Å². The molecule has 0 saturated carbocycles. The number of hydrogen-bond donors (Lipinski definition) is 2. The van der Waals surface area contributed by atoms with Crippen LogP contribution in [0.4, 0.5) is 5.82 Å². The lowest BCUT2D eigenvalue weighted by molar-refractivity contribution is -0.118. The molecule has 0 aliphatic heterocycles. The SMILES string of the molecule is CC[C@@H](O)COc1ccnc(NC(=O)C(C)C)c1. The maximum absolute atomic E-state index is 11.5. The number of ether oxygens (including phenoxy) is 1. The lowest BCUT2D eigenvalue weighted by atomic mass is 10.2. The quantitative estimate of drug-likeness (QED) is 0.810. The van der Waals surface area contributed by atoms with E-state index < -0.39 is 6.10 Å². The Morgan fingerprint density at radius 1 is 1.56 bits per heavy atom. The fourth-order valence-electron chi connectivity index (χ4n) is 1.15. The van der Waals surface area contributed by atoms with Crippen molar-refractivity contribution in [2.24, 2.45) is 5.92 Å². The molecule has 5 nitrogen and oxygen atoms in total. The first kappa shape index (κ1) is 14.4. The average molecular weight is 252 g/mol. The van der Waals surface area contributed by atoms with Crippen LogP contribution in [-0.4, -0.2) is 28.7 Å². The van der Waals surface area contributed by atoms with Gasteiger partial charge in [0.2, 0.25) is 5.91 Å². The van der Waals surface area contributed by atoms with E-state index in [4.69, 9.17) is 4.74 Å². The van der Waals surface area contributed by atoms with E-state index in [9.17, 15) is 9.90 Å². The van der Waals surface area contributed by atoms with Crippen LogP contribution in [0.25, 0.3) is 0 Å². The molecule has 0 aliphatic rings. The summed E-state index contributed by atoms with van der Waals surface area (Å²) < 4.78 is 5.40. The Balaban J connectivity index is 2.59. The number of carbonyl (C=O) groups is 1. The number of anilines is 1. The summed E-state index contributed by atoms with van der Waals surface area (Å²) in [7, 11) is 0. The number of rotatable bonds is 6. The molecule has 0 fully saturated rings. The van der Waals surface area contributed by atoms with Crippen molar-refractivity contribution in [3.63, 3.8) is 0 Å². The molecule has 0 unspecified atom stereocenters. The van der Waals surface area contributed by atoms with Crippen LogP contribution in [0.15, 0.2) is 18.3 Å². The van der Waals surface area contributed by atoms with Crippen molar-refractivity contribution in [2.75, 3.05) is 11.9 Å². The minimum absolute atomic E-state index is 0.0896. The van der Waals surface area contributed by atoms with Crippen LogP contribution in [0.5, 0.6) is 5.75 Å². The predicted molar refractivity (Wildman–Crippen MR) is 69.5 cm³/mol. The van der Waals surface area contributed by atoms with Crippen LogP contribution in [0.3, 0.4) is 0 Å². The van der Waals surface area contributed by atoms with Gasteiger partial charge in [-0.05, 0) is 12.5 Å². The maximum Gasteiger partial charge on any atom is 0.228 e. The number of aromatic nitrogens is 1. The van der Waals surface area contributed by atoms with Gasteiger partial charge in [0.05, 0.1) is 6.10 Å². The van der Waals surface area contributed by atoms with E-state index in [2.05, 4.69) is 10.3 Å². The minimum atomic E-state index is -0.480. The normalized spacial score (nSPS) is 12.3. The fraction of sp³-hybridized carbons (Fsp3) is 0.538. The van der Waals surface area contributed by atoms with E-state index >= 15 is 0 Å². The highest BCUT2D eigenvalue weighted by Crippen LogP contribution is 2.15. The lowest BCUT2D eigenvalue weighted by Crippen LogP contribution is -2.19. The Hall–Kier alpha value is -1.62. The number of aliphatic hydroxyl groups is 1. The predicted octanol–water partition coefficient (Wildman–Crippen LogP) is 1.83. The van der Waals surface area contributed by atoms with Crippen LogP contribution < -0.4 is 10.1 Å². The molecule has 100 valence electrons. The molecule has 0 bridgehead atoms. The Labute approximate surface area is 107 Å². The van der Waals surface area contributed by atoms with Crippen molar-refractivity contribution in [2.45, 2.75) is 33.3 Å². The smallest absolute Gasteiger partial charge is 0.228 e. The highest BCUT2D eigenvalue weighted by Gasteiger charge is 2.08. The molecule has 0 spiro atoms. The van der Waals surface area contributed by atoms with Crippen LogP contribution >= 0.6 is 0 Å². The third kappa shape index (κ3) is 4.71. The molecule has 1 atom stereocenters. The van der Waals surface area contributed by atoms with E-state index in [0.29, 0.717) is 18.0 Å². The van der Waals surface area contributed by atoms with E-state index in [1.54, 1.807) is 18.3 Å². The topological polar surface area (TPSA) is 71.5 Å². The van der Waals surface area contributed by atoms with Gasteiger partial charge in [0.1, 0.15) is 18.2 Å². The second-order valence-electron chi connectivity index (χ2n) is 4.39. The second-order valence-corrected chi connectivity index (χ2v) is 4.39. The van der Waals surface area contributed by atoms with Gasteiger partial charge in [0, 0.05) is 18.2 Å². The van der Waals surface area contributed by atoms with Crippen LogP contribution in [-0.2, 0) is 4.79 Å². The van der Waals surface area contributed by atoms with E-state index in [-0.39, 0.29) is 18.4 Å². The standard InChI is InChI=1S/C13H20N2O3/c1-4-10(16)8-18-11-5-6-14-12(7-11)15-13(17)9(2)3/h5-7,9-10,16H,4,8H2,1-3H3,(H,14,15,17)/t10-/m1/s1. The van der Waals surface area contributed by atoms with Crippen molar-refractivity contribution < 1.29 is 14.6 Å². The lowest BCUT2D eigenvalue weighted by Gasteiger charge is -2.11. The summed E-state index contributed by atoms with van der Waals surface area (Å²) in [5.74, 6) is 0.847. The third-order valence-electron chi connectivity index (χ3n) is 2.42. The first-order valence-corrected chi connectivity index (χ1v) is 6.10. The monoisotopic (exact) mass is 252 g/mol. The molecular weight excluding hydrogens is 232 g/mol. The molecular formula is C13H20N2O3. The van der Waals surface area contributed by atoms with Gasteiger partial charge in [-0.3, -0.25) is 4.79 Å². The largest absolute Gasteiger partial charge is 0.491 e. The number of nitrogens with zero attached hydrogens (tertiary/aromatic N) is 1. The zero-order valence-corrected chi connectivity index (χ0v) is 11.0. The Morgan fingerprint density at radius 2 is 2.28 bits per heavy atom. The zero-order chi connectivity index (χ0) is 13.5. The third-order valence-corrected chi connectivity index (χ3v) is 2.42. The first-order valence-electron chi connectivity index (χ1n) is 6.10. The van der Waals surface area contributed by atoms with Gasteiger partial charge in [0.15, 0.2) is 0 Å². The molecule has 1 heterocycles. The summed E-state index contributed by atoms with van der Waals surface area (Å²) in [6.45, 7) is 5.74. The van der Waals surface area contributed by atoms with Crippen LogP contribution in [0.2, 0.25) is 0 Å². The summed E-state index contributed by atoms with van der Waals surface area (Å²) in [6, 6.07) is 3.33. The van der Waals surface area contributed by atoms with Crippen molar-refractivity contribution in [1.82, 2.24) is 4.98 Å². The minimum Gasteiger partial charge on any atom is -0.491 e. The summed E-state index contributed by atoms with van der Waals surface area (Å²) >= 11 is 0. The van der Waals surface area contributed by atoms with Gasteiger partial charge in [-0.1, -0.05) is 20.8 Å². The van der Waals surface area contributed by atoms with Crippen LogP contribution in [0.1, 0.15) is 27.2 Å². The van der Waals surface area contributed by atoms with Gasteiger partial charge in [0.25, 0.3) is 0 Å².